The molecule has 0 unspecified atom stereocenters. The summed E-state index contributed by atoms with van der Waals surface area (Å²) in [6.07, 6.45) is 15.6. The fourth-order valence-corrected chi connectivity index (χ4v) is 4.01. The van der Waals surface area contributed by atoms with E-state index in [1.54, 1.807) is 6.20 Å². The zero-order valence-corrected chi connectivity index (χ0v) is 13.5. The Bertz CT molecular complexity index is 453. The maximum atomic E-state index is 12.7. The third-order valence-electron chi connectivity index (χ3n) is 5.31. The summed E-state index contributed by atoms with van der Waals surface area (Å²) in [4.78, 5) is 14.8. The highest BCUT2D eigenvalue weighted by Gasteiger charge is 2.27. The van der Waals surface area contributed by atoms with Gasteiger partial charge in [0.1, 0.15) is 0 Å². The van der Waals surface area contributed by atoms with Gasteiger partial charge in [0.25, 0.3) is 0 Å². The highest BCUT2D eigenvalue weighted by molar-refractivity contribution is 5.76. The molecule has 0 radical (unpaired) electrons. The van der Waals surface area contributed by atoms with E-state index in [2.05, 4.69) is 15.2 Å². The normalized spacial score (nSPS) is 23.6. The molecule has 1 saturated carbocycles. The number of hydrogen-bond acceptors (Lipinski definition) is 3. The summed E-state index contributed by atoms with van der Waals surface area (Å²) in [6.45, 7) is 1.71. The van der Waals surface area contributed by atoms with Crippen molar-refractivity contribution in [2.24, 2.45) is 5.92 Å². The summed E-state index contributed by atoms with van der Waals surface area (Å²) in [5.74, 6) is 1.15. The van der Waals surface area contributed by atoms with Gasteiger partial charge < -0.3 is 4.90 Å². The average molecular weight is 304 g/mol. The van der Waals surface area contributed by atoms with Crippen LogP contribution in [0.3, 0.4) is 0 Å². The van der Waals surface area contributed by atoms with E-state index in [9.17, 15) is 4.79 Å². The molecule has 22 heavy (non-hydrogen) atoms. The molecule has 2 aliphatic rings. The molecule has 1 aromatic heterocycles. The maximum Gasteiger partial charge on any atom is 0.222 e. The van der Waals surface area contributed by atoms with Crippen molar-refractivity contribution in [3.63, 3.8) is 0 Å². The quantitative estimate of drug-likeness (QED) is 0.840. The molecule has 2 heterocycles. The highest BCUT2D eigenvalue weighted by Crippen LogP contribution is 2.28. The minimum absolute atomic E-state index is 0.300. The van der Waals surface area contributed by atoms with Gasteiger partial charge in [-0.2, -0.15) is 0 Å². The molecule has 0 spiro atoms. The van der Waals surface area contributed by atoms with Crippen molar-refractivity contribution in [3.05, 3.63) is 12.4 Å². The van der Waals surface area contributed by atoms with Crippen LogP contribution < -0.4 is 0 Å². The fourth-order valence-electron chi connectivity index (χ4n) is 4.01. The minimum atomic E-state index is 0.300. The Labute approximate surface area is 133 Å². The van der Waals surface area contributed by atoms with Crippen LogP contribution in [0.5, 0.6) is 0 Å². The van der Waals surface area contributed by atoms with Crippen LogP contribution in [0, 0.1) is 5.92 Å². The van der Waals surface area contributed by atoms with Crippen molar-refractivity contribution in [1.82, 2.24) is 19.9 Å². The number of carbonyl (C=O) groups is 1. The van der Waals surface area contributed by atoms with Gasteiger partial charge in [0.05, 0.1) is 18.8 Å². The van der Waals surface area contributed by atoms with Gasteiger partial charge in [0.2, 0.25) is 5.91 Å². The van der Waals surface area contributed by atoms with Gasteiger partial charge in [-0.15, -0.1) is 5.10 Å². The van der Waals surface area contributed by atoms with E-state index in [1.807, 2.05) is 10.9 Å². The molecule has 1 amide bonds. The van der Waals surface area contributed by atoms with Crippen LogP contribution in [0.1, 0.15) is 64.2 Å². The number of likely N-dealkylation sites (tertiary alicyclic amines) is 1. The van der Waals surface area contributed by atoms with Crippen molar-refractivity contribution in [2.45, 2.75) is 76.8 Å². The lowest BCUT2D eigenvalue weighted by Crippen LogP contribution is -2.46. The summed E-state index contributed by atoms with van der Waals surface area (Å²) in [5.41, 5.74) is 0. The molecule has 5 nitrogen and oxygen atoms in total. The minimum Gasteiger partial charge on any atom is -0.338 e. The number of hydrogen-bond donors (Lipinski definition) is 0. The monoisotopic (exact) mass is 304 g/mol. The smallest absolute Gasteiger partial charge is 0.222 e. The van der Waals surface area contributed by atoms with E-state index < -0.39 is 0 Å². The Kier molecular flexibility index (Phi) is 5.46. The summed E-state index contributed by atoms with van der Waals surface area (Å²) in [7, 11) is 0. The molecule has 0 bridgehead atoms. The molecular weight excluding hydrogens is 276 g/mol. The van der Waals surface area contributed by atoms with E-state index in [0.717, 1.165) is 44.7 Å². The lowest BCUT2D eigenvalue weighted by Gasteiger charge is -2.36. The lowest BCUT2D eigenvalue weighted by atomic mass is 9.86. The predicted molar refractivity (Wildman–Crippen MR) is 85.2 cm³/mol. The fraction of sp³-hybridized carbons (Fsp3) is 0.824. The van der Waals surface area contributed by atoms with E-state index in [-0.39, 0.29) is 0 Å². The first-order valence-electron chi connectivity index (χ1n) is 8.96. The summed E-state index contributed by atoms with van der Waals surface area (Å²) < 4.78 is 1.86. The number of amides is 1. The molecule has 5 heteroatoms. The van der Waals surface area contributed by atoms with Crippen LogP contribution in [0.2, 0.25) is 0 Å². The van der Waals surface area contributed by atoms with Gasteiger partial charge in [-0.3, -0.25) is 9.48 Å². The third kappa shape index (κ3) is 4.08. The van der Waals surface area contributed by atoms with Crippen LogP contribution in [0.4, 0.5) is 0 Å². The van der Waals surface area contributed by atoms with Crippen molar-refractivity contribution in [2.75, 3.05) is 6.54 Å². The number of carbonyl (C=O) groups excluding carboxylic acids is 1. The molecule has 1 aliphatic carbocycles. The van der Waals surface area contributed by atoms with E-state index in [0.29, 0.717) is 11.9 Å². The van der Waals surface area contributed by atoms with Crippen molar-refractivity contribution >= 4 is 5.91 Å². The van der Waals surface area contributed by atoms with Crippen LogP contribution in [-0.2, 0) is 11.3 Å². The standard InChI is InChI=1S/C17H28N4O/c22-17(10-9-15-6-2-1-3-7-15)21-12-5-4-8-16(21)14-20-13-11-18-19-20/h11,13,15-16H,1-10,12,14H2/t16-/m1/s1. The van der Waals surface area contributed by atoms with Gasteiger partial charge in [-0.25, -0.2) is 0 Å². The van der Waals surface area contributed by atoms with Crippen LogP contribution in [0.25, 0.3) is 0 Å². The van der Waals surface area contributed by atoms with E-state index >= 15 is 0 Å². The number of nitrogens with zero attached hydrogens (tertiary/aromatic N) is 4. The van der Waals surface area contributed by atoms with Crippen LogP contribution in [0.15, 0.2) is 12.4 Å². The Morgan fingerprint density at radius 2 is 1.91 bits per heavy atom. The second kappa shape index (κ2) is 7.75. The topological polar surface area (TPSA) is 51.0 Å². The Balaban J connectivity index is 1.51. The first-order chi connectivity index (χ1) is 10.8. The molecule has 1 atom stereocenters. The largest absolute Gasteiger partial charge is 0.338 e. The van der Waals surface area contributed by atoms with Gasteiger partial charge in [0, 0.05) is 19.2 Å². The van der Waals surface area contributed by atoms with Crippen molar-refractivity contribution in [1.29, 1.82) is 0 Å². The zero-order valence-electron chi connectivity index (χ0n) is 13.5. The van der Waals surface area contributed by atoms with Crippen molar-refractivity contribution in [3.8, 4) is 0 Å². The maximum absolute atomic E-state index is 12.7. The molecular formula is C17H28N4O. The second-order valence-electron chi connectivity index (χ2n) is 6.90. The number of rotatable bonds is 5. The van der Waals surface area contributed by atoms with E-state index in [4.69, 9.17) is 0 Å². The van der Waals surface area contributed by atoms with Crippen LogP contribution in [-0.4, -0.2) is 38.4 Å². The Morgan fingerprint density at radius 1 is 1.09 bits per heavy atom. The molecule has 0 N–H and O–H groups in total. The highest BCUT2D eigenvalue weighted by atomic mass is 16.2. The summed E-state index contributed by atoms with van der Waals surface area (Å²) in [5, 5.41) is 7.92. The molecule has 0 aromatic carbocycles. The first kappa shape index (κ1) is 15.5. The van der Waals surface area contributed by atoms with Gasteiger partial charge in [-0.1, -0.05) is 37.3 Å². The van der Waals surface area contributed by atoms with Gasteiger partial charge in [0.15, 0.2) is 0 Å². The number of piperidine rings is 1. The van der Waals surface area contributed by atoms with Gasteiger partial charge >= 0.3 is 0 Å². The van der Waals surface area contributed by atoms with Crippen molar-refractivity contribution < 1.29 is 4.79 Å². The van der Waals surface area contributed by atoms with Crippen LogP contribution >= 0.6 is 0 Å². The van der Waals surface area contributed by atoms with Gasteiger partial charge in [-0.05, 0) is 31.6 Å². The lowest BCUT2D eigenvalue weighted by molar-refractivity contribution is -0.135. The molecule has 1 saturated heterocycles. The third-order valence-corrected chi connectivity index (χ3v) is 5.31. The zero-order chi connectivity index (χ0) is 15.2. The molecule has 3 rings (SSSR count). The molecule has 1 aromatic rings. The SMILES string of the molecule is O=C(CCC1CCCCC1)N1CCCC[C@@H]1Cn1ccnn1. The summed E-state index contributed by atoms with van der Waals surface area (Å²) >= 11 is 0. The summed E-state index contributed by atoms with van der Waals surface area (Å²) in [6, 6.07) is 0.300. The molecule has 122 valence electrons. The first-order valence-corrected chi connectivity index (χ1v) is 8.96. The predicted octanol–water partition coefficient (Wildman–Crippen LogP) is 3.02. The number of aromatic nitrogens is 3. The van der Waals surface area contributed by atoms with E-state index in [1.165, 1.54) is 38.5 Å². The second-order valence-corrected chi connectivity index (χ2v) is 6.90. The Morgan fingerprint density at radius 3 is 2.68 bits per heavy atom. The average Bonchev–Trinajstić information content (AvgIpc) is 3.07. The Hall–Kier alpha value is -1.39. The molecule has 2 fully saturated rings. The molecule has 1 aliphatic heterocycles.